The van der Waals surface area contributed by atoms with Crippen LogP contribution in [0.2, 0.25) is 0 Å². The molecule has 74 valence electrons. The third-order valence-corrected chi connectivity index (χ3v) is 2.52. The molecule has 0 saturated heterocycles. The highest BCUT2D eigenvalue weighted by atomic mass is 16.1. The van der Waals surface area contributed by atoms with Gasteiger partial charge in [0.1, 0.15) is 0 Å². The predicted octanol–water partition coefficient (Wildman–Crippen LogP) is 1.72. The third kappa shape index (κ3) is 1.31. The molecule has 3 nitrogen and oxygen atoms in total. The van der Waals surface area contributed by atoms with Gasteiger partial charge in [0.2, 0.25) is 0 Å². The van der Waals surface area contributed by atoms with Crippen molar-refractivity contribution in [2.45, 2.75) is 6.92 Å². The lowest BCUT2D eigenvalue weighted by Crippen LogP contribution is -2.11. The molecule has 0 aliphatic rings. The van der Waals surface area contributed by atoms with Crippen molar-refractivity contribution in [1.29, 1.82) is 5.26 Å². The first-order valence-electron chi connectivity index (χ1n) is 4.64. The van der Waals surface area contributed by atoms with Crippen molar-refractivity contribution in [1.82, 2.24) is 4.57 Å². The van der Waals surface area contributed by atoms with Crippen LogP contribution in [-0.4, -0.2) is 4.57 Å². The number of hydrogen-bond donors (Lipinski definition) is 0. The number of nitriles is 1. The molecule has 0 amide bonds. The standard InChI is InChI=1S/C12H10N2O/c1-8-7-14(2)10-5-3-4-9(6-13)11(10)12(8)15/h3-5,7H,1-2H3. The van der Waals surface area contributed by atoms with Gasteiger partial charge in [0.05, 0.1) is 22.5 Å². The van der Waals surface area contributed by atoms with Crippen molar-refractivity contribution < 1.29 is 0 Å². The van der Waals surface area contributed by atoms with Gasteiger partial charge >= 0.3 is 0 Å². The van der Waals surface area contributed by atoms with E-state index >= 15 is 0 Å². The molecule has 0 spiro atoms. The van der Waals surface area contributed by atoms with Gasteiger partial charge in [0.25, 0.3) is 0 Å². The second-order valence-corrected chi connectivity index (χ2v) is 3.56. The number of fused-ring (bicyclic) bond motifs is 1. The Bertz CT molecular complexity index is 632. The summed E-state index contributed by atoms with van der Waals surface area (Å²) in [4.78, 5) is 11.9. The molecule has 15 heavy (non-hydrogen) atoms. The highest BCUT2D eigenvalue weighted by Gasteiger charge is 2.07. The lowest BCUT2D eigenvalue weighted by Gasteiger charge is -2.07. The molecule has 1 aromatic heterocycles. The van der Waals surface area contributed by atoms with E-state index in [-0.39, 0.29) is 5.43 Å². The number of aryl methyl sites for hydroxylation is 2. The maximum atomic E-state index is 11.9. The lowest BCUT2D eigenvalue weighted by molar-refractivity contribution is 0.938. The van der Waals surface area contributed by atoms with E-state index < -0.39 is 0 Å². The summed E-state index contributed by atoms with van der Waals surface area (Å²) >= 11 is 0. The van der Waals surface area contributed by atoms with E-state index in [1.807, 2.05) is 17.7 Å². The summed E-state index contributed by atoms with van der Waals surface area (Å²) in [5, 5.41) is 9.46. The Morgan fingerprint density at radius 2 is 2.13 bits per heavy atom. The molecule has 0 radical (unpaired) electrons. The Labute approximate surface area is 87.2 Å². The second kappa shape index (κ2) is 3.25. The van der Waals surface area contributed by atoms with E-state index in [9.17, 15) is 4.79 Å². The smallest absolute Gasteiger partial charge is 0.193 e. The predicted molar refractivity (Wildman–Crippen MR) is 58.6 cm³/mol. The van der Waals surface area contributed by atoms with Gasteiger partial charge in [0.15, 0.2) is 5.43 Å². The molecule has 0 bridgehead atoms. The van der Waals surface area contributed by atoms with Crippen molar-refractivity contribution in [3.8, 4) is 6.07 Å². The van der Waals surface area contributed by atoms with Crippen LogP contribution in [0.25, 0.3) is 10.9 Å². The minimum absolute atomic E-state index is 0.0553. The number of hydrogen-bond acceptors (Lipinski definition) is 2. The molecule has 3 heteroatoms. The Hall–Kier alpha value is -2.08. The molecular weight excluding hydrogens is 188 g/mol. The molecule has 1 aromatic carbocycles. The van der Waals surface area contributed by atoms with Gasteiger partial charge in [0, 0.05) is 18.8 Å². The van der Waals surface area contributed by atoms with Gasteiger partial charge in [-0.05, 0) is 19.1 Å². The summed E-state index contributed by atoms with van der Waals surface area (Å²) in [5.41, 5.74) is 1.84. The van der Waals surface area contributed by atoms with E-state index in [1.165, 1.54) is 0 Å². The lowest BCUT2D eigenvalue weighted by atomic mass is 10.1. The average molecular weight is 198 g/mol. The zero-order valence-electron chi connectivity index (χ0n) is 8.61. The highest BCUT2D eigenvalue weighted by molar-refractivity contribution is 5.85. The topological polar surface area (TPSA) is 45.8 Å². The Morgan fingerprint density at radius 3 is 2.80 bits per heavy atom. The van der Waals surface area contributed by atoms with Gasteiger partial charge < -0.3 is 4.57 Å². The van der Waals surface area contributed by atoms with Crippen molar-refractivity contribution in [3.63, 3.8) is 0 Å². The summed E-state index contributed by atoms with van der Waals surface area (Å²) in [6, 6.07) is 7.35. The van der Waals surface area contributed by atoms with Crippen molar-refractivity contribution >= 4 is 10.9 Å². The first kappa shape index (κ1) is 9.47. The number of nitrogens with zero attached hydrogens (tertiary/aromatic N) is 2. The molecule has 2 aromatic rings. The molecule has 0 aliphatic heterocycles. The minimum atomic E-state index is -0.0553. The minimum Gasteiger partial charge on any atom is -0.350 e. The van der Waals surface area contributed by atoms with E-state index in [1.54, 1.807) is 25.3 Å². The summed E-state index contributed by atoms with van der Waals surface area (Å²) in [5.74, 6) is 0. The van der Waals surface area contributed by atoms with E-state index in [2.05, 4.69) is 6.07 Å². The average Bonchev–Trinajstić information content (AvgIpc) is 2.25. The highest BCUT2D eigenvalue weighted by Crippen LogP contribution is 2.14. The zero-order chi connectivity index (χ0) is 11.0. The molecule has 0 saturated carbocycles. The Kier molecular flexibility index (Phi) is 2.05. The molecule has 0 fully saturated rings. The maximum Gasteiger partial charge on any atom is 0.193 e. The Balaban J connectivity index is 3.12. The summed E-state index contributed by atoms with van der Waals surface area (Å²) in [6.45, 7) is 1.76. The molecule has 0 aliphatic carbocycles. The molecule has 0 atom stereocenters. The van der Waals surface area contributed by atoms with Crippen LogP contribution in [-0.2, 0) is 7.05 Å². The third-order valence-electron chi connectivity index (χ3n) is 2.52. The molecule has 2 rings (SSSR count). The van der Waals surface area contributed by atoms with Gasteiger partial charge in [-0.2, -0.15) is 5.26 Å². The Morgan fingerprint density at radius 1 is 1.40 bits per heavy atom. The van der Waals surface area contributed by atoms with Crippen LogP contribution < -0.4 is 5.43 Å². The molecular formula is C12H10N2O. The largest absolute Gasteiger partial charge is 0.350 e. The maximum absolute atomic E-state index is 11.9. The second-order valence-electron chi connectivity index (χ2n) is 3.56. The quantitative estimate of drug-likeness (QED) is 0.647. The van der Waals surface area contributed by atoms with Crippen LogP contribution in [0, 0.1) is 18.3 Å². The normalized spacial score (nSPS) is 10.2. The van der Waals surface area contributed by atoms with Crippen LogP contribution in [0.4, 0.5) is 0 Å². The van der Waals surface area contributed by atoms with Gasteiger partial charge in [-0.1, -0.05) is 6.07 Å². The monoisotopic (exact) mass is 198 g/mol. The van der Waals surface area contributed by atoms with Gasteiger partial charge in [-0.3, -0.25) is 4.79 Å². The van der Waals surface area contributed by atoms with Crippen molar-refractivity contribution in [2.24, 2.45) is 7.05 Å². The van der Waals surface area contributed by atoms with Crippen LogP contribution in [0.1, 0.15) is 11.1 Å². The number of pyridine rings is 1. The van der Waals surface area contributed by atoms with Crippen LogP contribution in [0.15, 0.2) is 29.2 Å². The number of aromatic nitrogens is 1. The fourth-order valence-electron chi connectivity index (χ4n) is 1.78. The first-order valence-corrected chi connectivity index (χ1v) is 4.64. The van der Waals surface area contributed by atoms with Crippen LogP contribution >= 0.6 is 0 Å². The zero-order valence-corrected chi connectivity index (χ0v) is 8.61. The van der Waals surface area contributed by atoms with Crippen LogP contribution in [0.5, 0.6) is 0 Å². The SMILES string of the molecule is Cc1cn(C)c2cccc(C#N)c2c1=O. The van der Waals surface area contributed by atoms with Crippen LogP contribution in [0.3, 0.4) is 0 Å². The van der Waals surface area contributed by atoms with Crippen molar-refractivity contribution in [2.75, 3.05) is 0 Å². The van der Waals surface area contributed by atoms with E-state index in [0.717, 1.165) is 5.52 Å². The van der Waals surface area contributed by atoms with Gasteiger partial charge in [-0.15, -0.1) is 0 Å². The van der Waals surface area contributed by atoms with E-state index in [4.69, 9.17) is 5.26 Å². The molecule has 0 unspecified atom stereocenters. The fourth-order valence-corrected chi connectivity index (χ4v) is 1.78. The molecule has 0 N–H and O–H groups in total. The fraction of sp³-hybridized carbons (Fsp3) is 0.167. The van der Waals surface area contributed by atoms with Crippen molar-refractivity contribution in [3.05, 3.63) is 45.7 Å². The number of benzene rings is 1. The summed E-state index contributed by atoms with van der Waals surface area (Å²) in [6.07, 6.45) is 1.78. The van der Waals surface area contributed by atoms with E-state index in [0.29, 0.717) is 16.5 Å². The molecule has 1 heterocycles. The first-order chi connectivity index (χ1) is 7.15. The number of rotatable bonds is 0. The summed E-state index contributed by atoms with van der Waals surface area (Å²) < 4.78 is 1.87. The summed E-state index contributed by atoms with van der Waals surface area (Å²) in [7, 11) is 1.87. The van der Waals surface area contributed by atoms with Gasteiger partial charge in [-0.25, -0.2) is 0 Å².